The molecule has 0 radical (unpaired) electrons. The third-order valence-electron chi connectivity index (χ3n) is 4.65. The molecule has 1 aromatic carbocycles. The largest absolute Gasteiger partial charge is 0.398 e. The van der Waals surface area contributed by atoms with Crippen LogP contribution in [0.1, 0.15) is 81.4 Å². The van der Waals surface area contributed by atoms with E-state index in [9.17, 15) is 0 Å². The van der Waals surface area contributed by atoms with E-state index in [0.29, 0.717) is 23.2 Å². The maximum Gasteiger partial charge on any atom is 0.161 e. The normalized spacial score (nSPS) is 11.1. The Morgan fingerprint density at radius 2 is 1.46 bits per heavy atom. The molecule has 28 heavy (non-hydrogen) atoms. The van der Waals surface area contributed by atoms with Crippen LogP contribution in [0.2, 0.25) is 0 Å². The number of anilines is 1. The van der Waals surface area contributed by atoms with Gasteiger partial charge in [-0.25, -0.2) is 15.0 Å². The lowest BCUT2D eigenvalue weighted by Crippen LogP contribution is -2.15. The highest BCUT2D eigenvalue weighted by atomic mass is 15.0. The highest BCUT2D eigenvalue weighted by Gasteiger charge is 2.08. The van der Waals surface area contributed by atoms with Gasteiger partial charge in [0, 0.05) is 22.5 Å². The number of unbranched alkanes of at least 4 members (excludes halogenated alkanes) is 6. The predicted molar refractivity (Wildman–Crippen MR) is 121 cm³/mol. The Hall–Kier alpha value is -2.43. The van der Waals surface area contributed by atoms with Gasteiger partial charge in [-0.15, -0.1) is 0 Å². The minimum Gasteiger partial charge on any atom is -0.398 e. The molecule has 5 heteroatoms. The van der Waals surface area contributed by atoms with Crippen molar-refractivity contribution in [1.82, 2.24) is 9.97 Å². The minimum atomic E-state index is 0.360. The topological polar surface area (TPSA) is 90.2 Å². The fourth-order valence-corrected chi connectivity index (χ4v) is 2.79. The van der Waals surface area contributed by atoms with Crippen molar-refractivity contribution in [2.45, 2.75) is 79.6 Å². The monoisotopic (exact) mass is 383 g/mol. The van der Waals surface area contributed by atoms with E-state index in [1.807, 2.05) is 39.0 Å². The highest BCUT2D eigenvalue weighted by molar-refractivity contribution is 6.03. The van der Waals surface area contributed by atoms with Gasteiger partial charge in [0.15, 0.2) is 5.82 Å². The summed E-state index contributed by atoms with van der Waals surface area (Å²) in [6, 6.07) is 7.36. The van der Waals surface area contributed by atoms with Crippen LogP contribution in [0.3, 0.4) is 0 Å². The van der Waals surface area contributed by atoms with Gasteiger partial charge in [0.2, 0.25) is 0 Å². The molecule has 0 fully saturated rings. The van der Waals surface area contributed by atoms with Crippen molar-refractivity contribution in [3.8, 4) is 0 Å². The SMILES string of the molecule is CCCCCCCCC.Cc1nc(C)c(C)c(N=C(N)c2ccccc2N)n1. The number of aliphatic imine (C=N–C) groups is 1. The van der Waals surface area contributed by atoms with E-state index < -0.39 is 0 Å². The van der Waals surface area contributed by atoms with Crippen molar-refractivity contribution in [2.24, 2.45) is 10.7 Å². The second kappa shape index (κ2) is 12.9. The second-order valence-corrected chi connectivity index (χ2v) is 7.16. The molecular weight excluding hydrogens is 346 g/mol. The van der Waals surface area contributed by atoms with Crippen molar-refractivity contribution in [3.63, 3.8) is 0 Å². The summed E-state index contributed by atoms with van der Waals surface area (Å²) in [5, 5.41) is 0. The summed E-state index contributed by atoms with van der Waals surface area (Å²) in [6.45, 7) is 10.2. The molecule has 0 atom stereocenters. The lowest BCUT2D eigenvalue weighted by atomic mass is 10.1. The van der Waals surface area contributed by atoms with Crippen LogP contribution in [-0.4, -0.2) is 15.8 Å². The first-order valence-corrected chi connectivity index (χ1v) is 10.4. The molecule has 5 nitrogen and oxygen atoms in total. The molecule has 1 aromatic heterocycles. The molecule has 0 saturated heterocycles. The molecule has 154 valence electrons. The zero-order valence-electron chi connectivity index (χ0n) is 18.3. The smallest absolute Gasteiger partial charge is 0.161 e. The maximum atomic E-state index is 6.01. The summed E-state index contributed by atoms with van der Waals surface area (Å²) < 4.78 is 0. The van der Waals surface area contributed by atoms with Crippen LogP contribution in [0.15, 0.2) is 29.3 Å². The van der Waals surface area contributed by atoms with Crippen LogP contribution in [0, 0.1) is 20.8 Å². The predicted octanol–water partition coefficient (Wildman–Crippen LogP) is 5.78. The Bertz CT molecular complexity index is 747. The number of nitrogens with two attached hydrogens (primary N) is 2. The summed E-state index contributed by atoms with van der Waals surface area (Å²) in [7, 11) is 0. The standard InChI is InChI=1S/C14H17N5.C9H20/c1-8-9(2)17-10(3)18-14(8)19-13(16)11-6-4-5-7-12(11)15;1-3-5-7-9-8-6-4-2/h4-7H,15H2,1-3H3,(H2,16,17,18,19);3-9H2,1-2H3. The Labute approximate surface area is 170 Å². The van der Waals surface area contributed by atoms with E-state index in [2.05, 4.69) is 28.8 Å². The molecule has 0 saturated carbocycles. The van der Waals surface area contributed by atoms with Gasteiger partial charge in [0.05, 0.1) is 0 Å². The minimum absolute atomic E-state index is 0.360. The Morgan fingerprint density at radius 3 is 2.04 bits per heavy atom. The van der Waals surface area contributed by atoms with E-state index >= 15 is 0 Å². The van der Waals surface area contributed by atoms with Crippen LogP contribution in [-0.2, 0) is 0 Å². The van der Waals surface area contributed by atoms with Gasteiger partial charge in [-0.1, -0.05) is 70.9 Å². The second-order valence-electron chi connectivity index (χ2n) is 7.16. The Morgan fingerprint density at radius 1 is 0.893 bits per heavy atom. The molecular formula is C23H37N5. The number of hydrogen-bond acceptors (Lipinski definition) is 4. The molecule has 2 rings (SSSR count). The lowest BCUT2D eigenvalue weighted by Gasteiger charge is -2.07. The summed E-state index contributed by atoms with van der Waals surface area (Å²) in [4.78, 5) is 13.0. The first-order valence-electron chi connectivity index (χ1n) is 10.4. The van der Waals surface area contributed by atoms with Crippen molar-refractivity contribution in [1.29, 1.82) is 0 Å². The fourth-order valence-electron chi connectivity index (χ4n) is 2.79. The summed E-state index contributed by atoms with van der Waals surface area (Å²) in [5.74, 6) is 1.63. The van der Waals surface area contributed by atoms with E-state index in [0.717, 1.165) is 16.8 Å². The molecule has 0 bridgehead atoms. The van der Waals surface area contributed by atoms with E-state index in [4.69, 9.17) is 11.5 Å². The molecule has 0 aliphatic heterocycles. The number of aromatic nitrogens is 2. The van der Waals surface area contributed by atoms with Gasteiger partial charge >= 0.3 is 0 Å². The van der Waals surface area contributed by atoms with Crippen LogP contribution in [0.25, 0.3) is 0 Å². The number of aryl methyl sites for hydroxylation is 2. The third-order valence-corrected chi connectivity index (χ3v) is 4.65. The van der Waals surface area contributed by atoms with Crippen molar-refractivity contribution in [2.75, 3.05) is 5.73 Å². The molecule has 4 N–H and O–H groups in total. The number of benzene rings is 1. The molecule has 0 amide bonds. The first kappa shape index (κ1) is 23.6. The molecule has 1 heterocycles. The van der Waals surface area contributed by atoms with Gasteiger partial charge in [-0.2, -0.15) is 0 Å². The zero-order chi connectivity index (χ0) is 20.9. The highest BCUT2D eigenvalue weighted by Crippen LogP contribution is 2.19. The fraction of sp³-hybridized carbons (Fsp3) is 0.522. The average molecular weight is 384 g/mol. The molecule has 0 aliphatic rings. The van der Waals surface area contributed by atoms with Crippen molar-refractivity contribution >= 4 is 17.3 Å². The number of para-hydroxylation sites is 1. The molecule has 0 spiro atoms. The van der Waals surface area contributed by atoms with Gasteiger partial charge < -0.3 is 11.5 Å². The Balaban J connectivity index is 0.000000370. The molecule has 0 unspecified atom stereocenters. The first-order chi connectivity index (χ1) is 13.4. The van der Waals surface area contributed by atoms with Crippen LogP contribution >= 0.6 is 0 Å². The average Bonchev–Trinajstić information content (AvgIpc) is 2.66. The summed E-state index contributed by atoms with van der Waals surface area (Å²) in [6.07, 6.45) is 9.97. The summed E-state index contributed by atoms with van der Waals surface area (Å²) in [5.41, 5.74) is 15.0. The lowest BCUT2D eigenvalue weighted by molar-refractivity contribution is 0.602. The molecule has 0 aliphatic carbocycles. The van der Waals surface area contributed by atoms with Gasteiger partial charge in [-0.3, -0.25) is 0 Å². The van der Waals surface area contributed by atoms with Crippen molar-refractivity contribution < 1.29 is 0 Å². The van der Waals surface area contributed by atoms with E-state index in [1.165, 1.54) is 44.9 Å². The zero-order valence-corrected chi connectivity index (χ0v) is 18.3. The van der Waals surface area contributed by atoms with Crippen LogP contribution in [0.5, 0.6) is 0 Å². The third kappa shape index (κ3) is 8.07. The quantitative estimate of drug-likeness (QED) is 0.262. The number of hydrogen-bond donors (Lipinski definition) is 2. The van der Waals surface area contributed by atoms with Gasteiger partial charge in [-0.05, 0) is 32.9 Å². The number of rotatable bonds is 8. The van der Waals surface area contributed by atoms with E-state index in [1.54, 1.807) is 6.07 Å². The maximum absolute atomic E-state index is 6.01. The molecule has 2 aromatic rings. The van der Waals surface area contributed by atoms with Gasteiger partial charge in [0.25, 0.3) is 0 Å². The Kier molecular flexibility index (Phi) is 10.8. The van der Waals surface area contributed by atoms with Crippen LogP contribution < -0.4 is 11.5 Å². The van der Waals surface area contributed by atoms with E-state index in [-0.39, 0.29) is 0 Å². The summed E-state index contributed by atoms with van der Waals surface area (Å²) >= 11 is 0. The van der Waals surface area contributed by atoms with Gasteiger partial charge in [0.1, 0.15) is 11.7 Å². The van der Waals surface area contributed by atoms with Crippen LogP contribution in [0.4, 0.5) is 11.5 Å². The number of amidine groups is 1. The number of nitrogen functional groups attached to an aromatic ring is 1. The number of nitrogens with zero attached hydrogens (tertiary/aromatic N) is 3. The van der Waals surface area contributed by atoms with Crippen molar-refractivity contribution in [3.05, 3.63) is 46.9 Å².